The Morgan fingerprint density at radius 3 is 1.72 bits per heavy atom. The summed E-state index contributed by atoms with van der Waals surface area (Å²) in [5.41, 5.74) is 6.69. The van der Waals surface area contributed by atoms with Crippen LogP contribution in [0.25, 0.3) is 11.1 Å². The number of ether oxygens (including phenoxy) is 2. The molecule has 43 heavy (non-hydrogen) atoms. The van der Waals surface area contributed by atoms with Crippen LogP contribution in [0.5, 0.6) is 23.0 Å². The van der Waals surface area contributed by atoms with Gasteiger partial charge in [0.15, 0.2) is 6.10 Å². The van der Waals surface area contributed by atoms with Gasteiger partial charge in [0.05, 0.1) is 0 Å². The first-order valence-corrected chi connectivity index (χ1v) is 21.2. The fourth-order valence-corrected chi connectivity index (χ4v) is 7.04. The Kier molecular flexibility index (Phi) is 7.83. The molecule has 1 unspecified atom stereocenters. The molecule has 2 aliphatic heterocycles. The molecule has 0 aromatic heterocycles. The fraction of sp³-hybridized carbons (Fsp3) is 0.444. The van der Waals surface area contributed by atoms with E-state index in [1.165, 1.54) is 0 Å². The molecule has 2 heterocycles. The lowest BCUT2D eigenvalue weighted by molar-refractivity contribution is 0.253. The van der Waals surface area contributed by atoms with Gasteiger partial charge in [0, 0.05) is 54.2 Å². The zero-order valence-electron chi connectivity index (χ0n) is 28.1. The van der Waals surface area contributed by atoms with Crippen LogP contribution in [0.4, 0.5) is 5.69 Å². The first-order valence-electron chi connectivity index (χ1n) is 15.3. The lowest BCUT2D eigenvalue weighted by Crippen LogP contribution is -2.43. The van der Waals surface area contributed by atoms with Crippen molar-refractivity contribution < 1.29 is 18.3 Å². The van der Waals surface area contributed by atoms with Crippen LogP contribution < -0.4 is 23.2 Å². The lowest BCUT2D eigenvalue weighted by atomic mass is 9.84. The van der Waals surface area contributed by atoms with E-state index in [1.807, 2.05) is 0 Å². The molecule has 230 valence electrons. The van der Waals surface area contributed by atoms with Gasteiger partial charge in [-0.2, -0.15) is 0 Å². The maximum Gasteiger partial charge on any atom is 0.250 e. The van der Waals surface area contributed by atoms with Gasteiger partial charge in [-0.15, -0.1) is 0 Å². The van der Waals surface area contributed by atoms with Gasteiger partial charge >= 0.3 is 0 Å². The molecule has 0 amide bonds. The van der Waals surface area contributed by atoms with E-state index < -0.39 is 16.6 Å². The second-order valence-electron chi connectivity index (χ2n) is 15.2. The average Bonchev–Trinajstić information content (AvgIpc) is 2.90. The molecule has 3 aromatic rings. The highest BCUT2D eigenvalue weighted by Crippen LogP contribution is 2.53. The quantitative estimate of drug-likeness (QED) is 0.258. The summed E-state index contributed by atoms with van der Waals surface area (Å²) < 4.78 is 26.7. The third kappa shape index (κ3) is 5.98. The number of benzene rings is 3. The largest absolute Gasteiger partial charge is 0.543 e. The number of anilines is 1. The Bertz CT molecular complexity index is 1540. The van der Waals surface area contributed by atoms with Crippen LogP contribution in [0.2, 0.25) is 36.3 Å². The summed E-state index contributed by atoms with van der Waals surface area (Å²) in [6.07, 6.45) is -0.281. The molecule has 3 aromatic carbocycles. The van der Waals surface area contributed by atoms with Gasteiger partial charge in [-0.1, -0.05) is 53.7 Å². The highest BCUT2D eigenvalue weighted by atomic mass is 28.4. The van der Waals surface area contributed by atoms with E-state index in [0.717, 1.165) is 56.5 Å². The smallest absolute Gasteiger partial charge is 0.250 e. The molecule has 7 heteroatoms. The normalized spacial score (nSPS) is 16.8. The predicted octanol–water partition coefficient (Wildman–Crippen LogP) is 9.96. The summed E-state index contributed by atoms with van der Waals surface area (Å²) in [6, 6.07) is 21.3. The Labute approximate surface area is 261 Å². The number of rotatable bonds is 6. The zero-order valence-corrected chi connectivity index (χ0v) is 30.1. The minimum absolute atomic E-state index is 0.101. The van der Waals surface area contributed by atoms with E-state index in [9.17, 15) is 0 Å². The van der Waals surface area contributed by atoms with Gasteiger partial charge in [-0.3, -0.25) is 0 Å². The molecule has 0 saturated heterocycles. The molecule has 0 bridgehead atoms. The van der Waals surface area contributed by atoms with Crippen molar-refractivity contribution in [1.82, 2.24) is 0 Å². The lowest BCUT2D eigenvalue weighted by Gasteiger charge is -2.38. The maximum atomic E-state index is 6.92. The molecule has 0 saturated carbocycles. The van der Waals surface area contributed by atoms with Crippen LogP contribution in [0.15, 0.2) is 60.7 Å². The van der Waals surface area contributed by atoms with Crippen molar-refractivity contribution in [2.75, 3.05) is 25.6 Å². The van der Waals surface area contributed by atoms with Crippen LogP contribution in [0.1, 0.15) is 64.3 Å². The third-order valence-electron chi connectivity index (χ3n) is 9.80. The minimum atomic E-state index is -2.01. The highest BCUT2D eigenvalue weighted by molar-refractivity contribution is 6.75. The number of hydrogen-bond donors (Lipinski definition) is 0. The highest BCUT2D eigenvalue weighted by Gasteiger charge is 2.41. The van der Waals surface area contributed by atoms with Gasteiger partial charge in [-0.25, -0.2) is 0 Å². The summed E-state index contributed by atoms with van der Waals surface area (Å²) in [4.78, 5) is 2.11. The molecule has 2 aliphatic rings. The van der Waals surface area contributed by atoms with Crippen molar-refractivity contribution in [2.45, 2.75) is 83.9 Å². The Balaban J connectivity index is 1.60. The van der Waals surface area contributed by atoms with E-state index in [1.54, 1.807) is 0 Å². The van der Waals surface area contributed by atoms with E-state index in [4.69, 9.17) is 18.3 Å². The topological polar surface area (TPSA) is 40.2 Å². The second kappa shape index (κ2) is 10.8. The minimum Gasteiger partial charge on any atom is -0.543 e. The molecule has 1 atom stereocenters. The van der Waals surface area contributed by atoms with Gasteiger partial charge in [0.25, 0.3) is 0 Å². The van der Waals surface area contributed by atoms with Crippen LogP contribution in [-0.2, 0) is 0 Å². The first kappa shape index (κ1) is 31.3. The first-order chi connectivity index (χ1) is 19.9. The Hall–Kier alpha value is -3.17. The zero-order chi connectivity index (χ0) is 31.5. The van der Waals surface area contributed by atoms with Crippen LogP contribution in [-0.4, -0.2) is 37.3 Å². The Morgan fingerprint density at radius 2 is 1.21 bits per heavy atom. The van der Waals surface area contributed by atoms with E-state index in [0.29, 0.717) is 6.61 Å². The van der Waals surface area contributed by atoms with Crippen molar-refractivity contribution in [2.24, 2.45) is 0 Å². The third-order valence-corrected chi connectivity index (χ3v) is 18.5. The Morgan fingerprint density at radius 1 is 0.698 bits per heavy atom. The molecule has 0 spiro atoms. The maximum absolute atomic E-state index is 6.92. The molecule has 5 nitrogen and oxygen atoms in total. The van der Waals surface area contributed by atoms with Crippen molar-refractivity contribution in [1.29, 1.82) is 0 Å². The molecule has 0 radical (unpaired) electrons. The fourth-order valence-electron chi connectivity index (χ4n) is 5.00. The molecule has 0 N–H and O–H groups in total. The summed E-state index contributed by atoms with van der Waals surface area (Å²) in [7, 11) is 0.116. The molecule has 0 aliphatic carbocycles. The number of nitrogens with zero attached hydrogens (tertiary/aromatic N) is 1. The van der Waals surface area contributed by atoms with Gasteiger partial charge in [0.2, 0.25) is 16.6 Å². The van der Waals surface area contributed by atoms with E-state index >= 15 is 0 Å². The monoisotopic (exact) mass is 615 g/mol. The van der Waals surface area contributed by atoms with Crippen molar-refractivity contribution in [3.05, 3.63) is 77.4 Å². The SMILES string of the molecule is CN(C)c1ccc(C2Oc3cc(O[Si](C)(C)C(C)(C)C)ccc3C3=C2c2ccc(O[Si](C)(C)C(C)(C)C)cc2OC3)cc1. The summed E-state index contributed by atoms with van der Waals surface area (Å²) in [6.45, 7) is 23.1. The number of hydrogen-bond acceptors (Lipinski definition) is 5. The van der Waals surface area contributed by atoms with Crippen molar-refractivity contribution in [3.8, 4) is 23.0 Å². The molecule has 0 fully saturated rings. The standard InChI is InChI=1S/C36H49NO4Si2/c1-35(2,3)42(9,10)40-26-18-20-29-31(21-26)38-23-30-28-19-17-27(41-43(11,12)36(4,5)6)22-32(28)39-34(33(29)30)24-13-15-25(16-14-24)37(7)8/h13-22,34H,23H2,1-12H3. The van der Waals surface area contributed by atoms with Crippen molar-refractivity contribution >= 4 is 33.5 Å². The predicted molar refractivity (Wildman–Crippen MR) is 185 cm³/mol. The van der Waals surface area contributed by atoms with E-state index in [2.05, 4.69) is 147 Å². The molecular weight excluding hydrogens is 567 g/mol. The average molecular weight is 616 g/mol. The molecule has 5 rings (SSSR count). The van der Waals surface area contributed by atoms with Crippen LogP contribution >= 0.6 is 0 Å². The van der Waals surface area contributed by atoms with Gasteiger partial charge in [0.1, 0.15) is 29.6 Å². The van der Waals surface area contributed by atoms with Crippen LogP contribution in [0.3, 0.4) is 0 Å². The molecular formula is C36H49NO4Si2. The van der Waals surface area contributed by atoms with Gasteiger partial charge in [-0.05, 0) is 78.2 Å². The van der Waals surface area contributed by atoms with Gasteiger partial charge < -0.3 is 23.2 Å². The van der Waals surface area contributed by atoms with Crippen molar-refractivity contribution in [3.63, 3.8) is 0 Å². The van der Waals surface area contributed by atoms with E-state index in [-0.39, 0.29) is 16.2 Å². The second-order valence-corrected chi connectivity index (χ2v) is 24.7. The summed E-state index contributed by atoms with van der Waals surface area (Å²) in [5.74, 6) is 3.41. The summed E-state index contributed by atoms with van der Waals surface area (Å²) in [5, 5.41) is 0.210. The number of fused-ring (bicyclic) bond motifs is 4. The summed E-state index contributed by atoms with van der Waals surface area (Å²) >= 11 is 0. The van der Waals surface area contributed by atoms with Crippen LogP contribution in [0, 0.1) is 0 Å².